The number of hydrogen-bond donors (Lipinski definition) is 1. The summed E-state index contributed by atoms with van der Waals surface area (Å²) in [6.45, 7) is 3.71. The van der Waals surface area contributed by atoms with Crippen molar-refractivity contribution in [3.8, 4) is 0 Å². The van der Waals surface area contributed by atoms with Gasteiger partial charge in [0.15, 0.2) is 0 Å². The minimum absolute atomic E-state index is 0.144. The maximum absolute atomic E-state index is 11.4. The summed E-state index contributed by atoms with van der Waals surface area (Å²) in [4.78, 5) is 23.4. The normalized spacial score (nSPS) is 22.5. The van der Waals surface area contributed by atoms with Crippen molar-refractivity contribution < 1.29 is 14.3 Å². The molecule has 0 aromatic heterocycles. The lowest BCUT2D eigenvalue weighted by Crippen LogP contribution is -2.53. The summed E-state index contributed by atoms with van der Waals surface area (Å²) in [7, 11) is 0. The van der Waals surface area contributed by atoms with E-state index in [1.807, 2.05) is 6.92 Å². The van der Waals surface area contributed by atoms with Gasteiger partial charge in [0.2, 0.25) is 12.3 Å². The van der Waals surface area contributed by atoms with Crippen molar-refractivity contribution in [3.05, 3.63) is 0 Å². The van der Waals surface area contributed by atoms with Crippen LogP contribution in [0.3, 0.4) is 0 Å². The Balaban J connectivity index is 2.53. The summed E-state index contributed by atoms with van der Waals surface area (Å²) < 4.78 is 5.12. The lowest BCUT2D eigenvalue weighted by atomic mass is 10.2. The maximum atomic E-state index is 11.4. The van der Waals surface area contributed by atoms with Crippen LogP contribution in [0.2, 0.25) is 0 Å². The van der Waals surface area contributed by atoms with Crippen LogP contribution in [0.4, 0.5) is 0 Å². The molecule has 0 saturated carbocycles. The molecule has 0 aromatic carbocycles. The SMILES string of the molecule is CCNC(=O)C1COCCN1C=O. The number of nitrogens with one attached hydrogen (secondary N) is 1. The monoisotopic (exact) mass is 186 g/mol. The van der Waals surface area contributed by atoms with Gasteiger partial charge in [-0.25, -0.2) is 0 Å². The molecular formula is C8H14N2O3. The summed E-state index contributed by atoms with van der Waals surface area (Å²) in [5, 5.41) is 2.66. The Morgan fingerprint density at radius 2 is 2.54 bits per heavy atom. The summed E-state index contributed by atoms with van der Waals surface area (Å²) in [6, 6.07) is -0.453. The van der Waals surface area contributed by atoms with E-state index in [2.05, 4.69) is 5.32 Å². The molecule has 5 nitrogen and oxygen atoms in total. The fraction of sp³-hybridized carbons (Fsp3) is 0.750. The van der Waals surface area contributed by atoms with Crippen LogP contribution in [0.25, 0.3) is 0 Å². The predicted molar refractivity (Wildman–Crippen MR) is 46.1 cm³/mol. The molecule has 1 saturated heterocycles. The average molecular weight is 186 g/mol. The van der Waals surface area contributed by atoms with E-state index in [1.54, 1.807) is 0 Å². The molecule has 0 bridgehead atoms. The highest BCUT2D eigenvalue weighted by molar-refractivity contribution is 5.83. The quantitative estimate of drug-likeness (QED) is 0.574. The van der Waals surface area contributed by atoms with Gasteiger partial charge >= 0.3 is 0 Å². The second-order valence-electron chi connectivity index (χ2n) is 2.83. The lowest BCUT2D eigenvalue weighted by Gasteiger charge is -2.31. The van der Waals surface area contributed by atoms with E-state index in [0.29, 0.717) is 32.7 Å². The van der Waals surface area contributed by atoms with Gasteiger partial charge in [0, 0.05) is 13.1 Å². The van der Waals surface area contributed by atoms with Crippen molar-refractivity contribution in [2.24, 2.45) is 0 Å². The minimum Gasteiger partial charge on any atom is -0.377 e. The van der Waals surface area contributed by atoms with Crippen molar-refractivity contribution in [2.45, 2.75) is 13.0 Å². The van der Waals surface area contributed by atoms with Crippen molar-refractivity contribution in [1.29, 1.82) is 0 Å². The third-order valence-corrected chi connectivity index (χ3v) is 1.96. The van der Waals surface area contributed by atoms with E-state index >= 15 is 0 Å². The molecule has 74 valence electrons. The van der Waals surface area contributed by atoms with Crippen LogP contribution in [0.5, 0.6) is 0 Å². The van der Waals surface area contributed by atoms with Crippen LogP contribution < -0.4 is 5.32 Å². The number of ether oxygens (including phenoxy) is 1. The third kappa shape index (κ3) is 2.42. The predicted octanol–water partition coefficient (Wildman–Crippen LogP) is -1.02. The van der Waals surface area contributed by atoms with Gasteiger partial charge in [-0.2, -0.15) is 0 Å². The molecule has 2 amide bonds. The maximum Gasteiger partial charge on any atom is 0.245 e. The molecule has 1 rings (SSSR count). The van der Waals surface area contributed by atoms with Gasteiger partial charge in [-0.15, -0.1) is 0 Å². The summed E-state index contributed by atoms with van der Waals surface area (Å²) in [6.07, 6.45) is 0.697. The van der Waals surface area contributed by atoms with Crippen LogP contribution >= 0.6 is 0 Å². The number of carbonyl (C=O) groups is 2. The molecule has 0 radical (unpaired) electrons. The van der Waals surface area contributed by atoms with Crippen LogP contribution in [-0.4, -0.2) is 49.6 Å². The Kier molecular flexibility index (Phi) is 3.70. The first-order valence-electron chi connectivity index (χ1n) is 4.36. The molecule has 1 N–H and O–H groups in total. The van der Waals surface area contributed by atoms with Crippen molar-refractivity contribution in [1.82, 2.24) is 10.2 Å². The van der Waals surface area contributed by atoms with Gasteiger partial charge in [-0.3, -0.25) is 9.59 Å². The zero-order valence-electron chi connectivity index (χ0n) is 7.66. The average Bonchev–Trinajstić information content (AvgIpc) is 2.18. The number of morpholine rings is 1. The number of hydrogen-bond acceptors (Lipinski definition) is 3. The molecule has 1 atom stereocenters. The van der Waals surface area contributed by atoms with Crippen LogP contribution in [0.15, 0.2) is 0 Å². The van der Waals surface area contributed by atoms with Crippen LogP contribution in [0, 0.1) is 0 Å². The molecule has 1 unspecified atom stereocenters. The van der Waals surface area contributed by atoms with Gasteiger partial charge in [-0.05, 0) is 6.92 Å². The Morgan fingerprint density at radius 3 is 3.15 bits per heavy atom. The molecule has 1 aliphatic heterocycles. The van der Waals surface area contributed by atoms with E-state index in [-0.39, 0.29) is 5.91 Å². The first kappa shape index (κ1) is 9.98. The van der Waals surface area contributed by atoms with Crippen molar-refractivity contribution in [3.63, 3.8) is 0 Å². The highest BCUT2D eigenvalue weighted by Crippen LogP contribution is 2.03. The Bertz CT molecular complexity index is 196. The smallest absolute Gasteiger partial charge is 0.245 e. The summed E-state index contributed by atoms with van der Waals surface area (Å²) >= 11 is 0. The van der Waals surface area contributed by atoms with Crippen LogP contribution in [0.1, 0.15) is 6.92 Å². The Hall–Kier alpha value is -1.10. The topological polar surface area (TPSA) is 58.6 Å². The Morgan fingerprint density at radius 1 is 1.77 bits per heavy atom. The third-order valence-electron chi connectivity index (χ3n) is 1.96. The van der Waals surface area contributed by atoms with E-state index in [1.165, 1.54) is 4.90 Å². The van der Waals surface area contributed by atoms with E-state index < -0.39 is 6.04 Å². The van der Waals surface area contributed by atoms with Crippen molar-refractivity contribution in [2.75, 3.05) is 26.3 Å². The van der Waals surface area contributed by atoms with E-state index in [0.717, 1.165) is 0 Å². The van der Waals surface area contributed by atoms with Gasteiger partial charge in [0.25, 0.3) is 0 Å². The van der Waals surface area contributed by atoms with Crippen LogP contribution in [-0.2, 0) is 14.3 Å². The first-order valence-corrected chi connectivity index (χ1v) is 4.36. The highest BCUT2D eigenvalue weighted by atomic mass is 16.5. The molecule has 5 heteroatoms. The second kappa shape index (κ2) is 4.81. The molecule has 0 spiro atoms. The fourth-order valence-electron chi connectivity index (χ4n) is 1.26. The van der Waals surface area contributed by atoms with Gasteiger partial charge in [0.1, 0.15) is 6.04 Å². The van der Waals surface area contributed by atoms with Gasteiger partial charge < -0.3 is 15.0 Å². The molecule has 0 aromatic rings. The van der Waals surface area contributed by atoms with E-state index in [4.69, 9.17) is 4.74 Å². The summed E-state index contributed by atoms with van der Waals surface area (Å²) in [5.74, 6) is -0.144. The molecule has 1 heterocycles. The second-order valence-corrected chi connectivity index (χ2v) is 2.83. The number of carbonyl (C=O) groups excluding carboxylic acids is 2. The minimum atomic E-state index is -0.453. The number of rotatable bonds is 3. The zero-order chi connectivity index (χ0) is 9.68. The zero-order valence-corrected chi connectivity index (χ0v) is 7.66. The molecule has 0 aliphatic carbocycles. The number of nitrogens with zero attached hydrogens (tertiary/aromatic N) is 1. The highest BCUT2D eigenvalue weighted by Gasteiger charge is 2.27. The number of amides is 2. The standard InChI is InChI=1S/C8H14N2O3/c1-2-9-8(12)7-5-13-4-3-10(7)6-11/h6-7H,2-5H2,1H3,(H,9,12). The van der Waals surface area contributed by atoms with Crippen molar-refractivity contribution >= 4 is 12.3 Å². The molecular weight excluding hydrogens is 172 g/mol. The molecule has 1 aliphatic rings. The fourth-order valence-corrected chi connectivity index (χ4v) is 1.26. The summed E-state index contributed by atoms with van der Waals surface area (Å²) in [5.41, 5.74) is 0. The van der Waals surface area contributed by atoms with Gasteiger partial charge in [-0.1, -0.05) is 0 Å². The largest absolute Gasteiger partial charge is 0.377 e. The van der Waals surface area contributed by atoms with Gasteiger partial charge in [0.05, 0.1) is 13.2 Å². The number of likely N-dealkylation sites (N-methyl/N-ethyl adjacent to an activating group) is 1. The first-order chi connectivity index (χ1) is 6.29. The molecule has 1 fully saturated rings. The van der Waals surface area contributed by atoms with E-state index in [9.17, 15) is 9.59 Å². The lowest BCUT2D eigenvalue weighted by molar-refractivity contribution is -0.140. The Labute approximate surface area is 77.0 Å². The molecule has 13 heavy (non-hydrogen) atoms.